The van der Waals surface area contributed by atoms with E-state index in [9.17, 15) is 9.59 Å². The highest BCUT2D eigenvalue weighted by Crippen LogP contribution is 2.14. The first-order valence-electron chi connectivity index (χ1n) is 7.52. The predicted molar refractivity (Wildman–Crippen MR) is 83.6 cm³/mol. The molecule has 1 aromatic carbocycles. The molecule has 0 aliphatic carbocycles. The molecule has 0 radical (unpaired) electrons. The third-order valence-electron chi connectivity index (χ3n) is 3.98. The molecule has 1 fully saturated rings. The molecule has 2 aromatic rings. The summed E-state index contributed by atoms with van der Waals surface area (Å²) in [6.07, 6.45) is 3.30. The summed E-state index contributed by atoms with van der Waals surface area (Å²) in [6, 6.07) is 13.0. The summed E-state index contributed by atoms with van der Waals surface area (Å²) >= 11 is 0. The Bertz CT molecular complexity index is 629. The number of hydrogen-bond donors (Lipinski definition) is 2. The van der Waals surface area contributed by atoms with E-state index in [0.29, 0.717) is 18.8 Å². The number of piperidine rings is 1. The molecule has 0 spiro atoms. The number of carbonyl (C=O) groups excluding carboxylic acids is 2. The number of hydrogen-bond acceptors (Lipinski definition) is 2. The molecular weight excluding hydrogens is 278 g/mol. The van der Waals surface area contributed by atoms with E-state index in [1.807, 2.05) is 35.2 Å². The molecule has 2 N–H and O–H groups in total. The number of carbonyl (C=O) groups is 2. The standard InChI is InChI=1S/C17H19N3O2/c21-16(15-7-4-10-18-15)19-14-8-11-20(12-9-14)17(22)13-5-2-1-3-6-13/h1-7,10,14,18H,8-9,11-12H2,(H,19,21). The zero-order valence-electron chi connectivity index (χ0n) is 12.3. The fourth-order valence-electron chi connectivity index (χ4n) is 2.72. The average Bonchev–Trinajstić information content (AvgIpc) is 3.10. The molecule has 0 bridgehead atoms. The minimum absolute atomic E-state index is 0.0646. The Morgan fingerprint density at radius 3 is 2.41 bits per heavy atom. The third kappa shape index (κ3) is 3.19. The van der Waals surface area contributed by atoms with Crippen molar-refractivity contribution >= 4 is 11.8 Å². The van der Waals surface area contributed by atoms with Crippen molar-refractivity contribution < 1.29 is 9.59 Å². The highest BCUT2D eigenvalue weighted by atomic mass is 16.2. The van der Waals surface area contributed by atoms with Crippen LogP contribution in [-0.4, -0.2) is 40.8 Å². The van der Waals surface area contributed by atoms with E-state index in [2.05, 4.69) is 10.3 Å². The molecule has 22 heavy (non-hydrogen) atoms. The first-order chi connectivity index (χ1) is 10.7. The van der Waals surface area contributed by atoms with Crippen LogP contribution in [0.3, 0.4) is 0 Å². The van der Waals surface area contributed by atoms with Crippen LogP contribution in [0.15, 0.2) is 48.7 Å². The van der Waals surface area contributed by atoms with Gasteiger partial charge >= 0.3 is 0 Å². The summed E-state index contributed by atoms with van der Waals surface area (Å²) in [5.74, 6) is -0.0208. The number of amides is 2. The van der Waals surface area contributed by atoms with Crippen LogP contribution in [0.4, 0.5) is 0 Å². The summed E-state index contributed by atoms with van der Waals surface area (Å²) in [4.78, 5) is 29.1. The molecule has 5 heteroatoms. The highest BCUT2D eigenvalue weighted by molar-refractivity contribution is 5.94. The zero-order chi connectivity index (χ0) is 15.4. The number of nitrogens with zero attached hydrogens (tertiary/aromatic N) is 1. The molecule has 3 rings (SSSR count). The van der Waals surface area contributed by atoms with Gasteiger partial charge in [-0.05, 0) is 37.1 Å². The Balaban J connectivity index is 1.52. The fourth-order valence-corrected chi connectivity index (χ4v) is 2.72. The van der Waals surface area contributed by atoms with Crippen LogP contribution >= 0.6 is 0 Å². The topological polar surface area (TPSA) is 65.2 Å². The molecule has 1 aliphatic heterocycles. The second-order valence-electron chi connectivity index (χ2n) is 5.49. The maximum atomic E-state index is 12.3. The van der Waals surface area contributed by atoms with Gasteiger partial charge in [-0.2, -0.15) is 0 Å². The molecule has 0 unspecified atom stereocenters. The molecule has 114 valence electrons. The minimum Gasteiger partial charge on any atom is -0.357 e. The van der Waals surface area contributed by atoms with E-state index >= 15 is 0 Å². The second-order valence-corrected chi connectivity index (χ2v) is 5.49. The predicted octanol–water partition coefficient (Wildman–Crippen LogP) is 2.05. The molecule has 1 aliphatic rings. The van der Waals surface area contributed by atoms with E-state index < -0.39 is 0 Å². The lowest BCUT2D eigenvalue weighted by Crippen LogP contribution is -2.46. The molecule has 1 saturated heterocycles. The Morgan fingerprint density at radius 2 is 1.77 bits per heavy atom. The second kappa shape index (κ2) is 6.47. The lowest BCUT2D eigenvalue weighted by molar-refractivity contribution is 0.0697. The molecule has 1 aromatic heterocycles. The Labute approximate surface area is 129 Å². The van der Waals surface area contributed by atoms with Gasteiger partial charge < -0.3 is 15.2 Å². The fraction of sp³-hybridized carbons (Fsp3) is 0.294. The van der Waals surface area contributed by atoms with E-state index in [4.69, 9.17) is 0 Å². The summed E-state index contributed by atoms with van der Waals surface area (Å²) in [5.41, 5.74) is 1.29. The summed E-state index contributed by atoms with van der Waals surface area (Å²) in [5, 5.41) is 3.01. The summed E-state index contributed by atoms with van der Waals surface area (Å²) in [6.45, 7) is 1.34. The first kappa shape index (κ1) is 14.4. The molecule has 0 atom stereocenters. The van der Waals surface area contributed by atoms with E-state index in [-0.39, 0.29) is 17.9 Å². The van der Waals surface area contributed by atoms with Gasteiger partial charge in [-0.1, -0.05) is 18.2 Å². The van der Waals surface area contributed by atoms with Crippen molar-refractivity contribution in [3.63, 3.8) is 0 Å². The van der Waals surface area contributed by atoms with E-state index in [1.54, 1.807) is 18.3 Å². The molecule has 2 amide bonds. The number of H-pyrrole nitrogens is 1. The van der Waals surface area contributed by atoms with Crippen molar-refractivity contribution in [2.45, 2.75) is 18.9 Å². The maximum absolute atomic E-state index is 12.3. The van der Waals surface area contributed by atoms with Crippen molar-refractivity contribution in [2.24, 2.45) is 0 Å². The molecular formula is C17H19N3O2. The quantitative estimate of drug-likeness (QED) is 0.910. The van der Waals surface area contributed by atoms with Gasteiger partial charge in [0.25, 0.3) is 11.8 Å². The lowest BCUT2D eigenvalue weighted by Gasteiger charge is -2.32. The Kier molecular flexibility index (Phi) is 4.23. The zero-order valence-corrected chi connectivity index (χ0v) is 12.3. The van der Waals surface area contributed by atoms with Crippen LogP contribution < -0.4 is 5.32 Å². The Hall–Kier alpha value is -2.56. The van der Waals surface area contributed by atoms with Gasteiger partial charge in [0, 0.05) is 30.9 Å². The minimum atomic E-state index is -0.0853. The lowest BCUT2D eigenvalue weighted by atomic mass is 10.0. The van der Waals surface area contributed by atoms with Crippen molar-refractivity contribution in [3.8, 4) is 0 Å². The third-order valence-corrected chi connectivity index (χ3v) is 3.98. The van der Waals surface area contributed by atoms with E-state index in [0.717, 1.165) is 18.4 Å². The van der Waals surface area contributed by atoms with Crippen LogP contribution in [0.2, 0.25) is 0 Å². The monoisotopic (exact) mass is 297 g/mol. The van der Waals surface area contributed by atoms with Crippen LogP contribution in [0.1, 0.15) is 33.7 Å². The van der Waals surface area contributed by atoms with Gasteiger partial charge in [0.05, 0.1) is 0 Å². The summed E-state index contributed by atoms with van der Waals surface area (Å²) in [7, 11) is 0. The van der Waals surface area contributed by atoms with Crippen molar-refractivity contribution in [2.75, 3.05) is 13.1 Å². The SMILES string of the molecule is O=C(NC1CCN(C(=O)c2ccccc2)CC1)c1ccc[nH]1. The normalized spacial score (nSPS) is 15.5. The molecule has 5 nitrogen and oxygen atoms in total. The van der Waals surface area contributed by atoms with Crippen LogP contribution in [0.5, 0.6) is 0 Å². The summed E-state index contributed by atoms with van der Waals surface area (Å²) < 4.78 is 0. The van der Waals surface area contributed by atoms with Crippen LogP contribution in [-0.2, 0) is 0 Å². The molecule has 0 saturated carbocycles. The van der Waals surface area contributed by atoms with Crippen molar-refractivity contribution in [1.82, 2.24) is 15.2 Å². The number of rotatable bonds is 3. The van der Waals surface area contributed by atoms with Gasteiger partial charge in [0.15, 0.2) is 0 Å². The van der Waals surface area contributed by atoms with Crippen molar-refractivity contribution in [1.29, 1.82) is 0 Å². The number of likely N-dealkylation sites (tertiary alicyclic amines) is 1. The van der Waals surface area contributed by atoms with Crippen LogP contribution in [0.25, 0.3) is 0 Å². The number of aromatic amines is 1. The highest BCUT2D eigenvalue weighted by Gasteiger charge is 2.24. The average molecular weight is 297 g/mol. The molecule has 2 heterocycles. The van der Waals surface area contributed by atoms with E-state index in [1.165, 1.54) is 0 Å². The van der Waals surface area contributed by atoms with Gasteiger partial charge in [-0.3, -0.25) is 9.59 Å². The van der Waals surface area contributed by atoms with Crippen LogP contribution in [0, 0.1) is 0 Å². The van der Waals surface area contributed by atoms with Gasteiger partial charge in [-0.25, -0.2) is 0 Å². The van der Waals surface area contributed by atoms with Crippen molar-refractivity contribution in [3.05, 3.63) is 59.9 Å². The number of aromatic nitrogens is 1. The Morgan fingerprint density at radius 1 is 1.05 bits per heavy atom. The number of nitrogens with one attached hydrogen (secondary N) is 2. The van der Waals surface area contributed by atoms with Gasteiger partial charge in [-0.15, -0.1) is 0 Å². The van der Waals surface area contributed by atoms with Gasteiger partial charge in [0.2, 0.25) is 0 Å². The largest absolute Gasteiger partial charge is 0.357 e. The maximum Gasteiger partial charge on any atom is 0.267 e. The van der Waals surface area contributed by atoms with Gasteiger partial charge in [0.1, 0.15) is 5.69 Å². The first-order valence-corrected chi connectivity index (χ1v) is 7.52. The number of benzene rings is 1. The smallest absolute Gasteiger partial charge is 0.267 e.